The Kier molecular flexibility index (Phi) is 1.92. The molecule has 0 radical (unpaired) electrons. The molecule has 2 heterocycles. The van der Waals surface area contributed by atoms with Gasteiger partial charge in [-0.15, -0.1) is 0 Å². The summed E-state index contributed by atoms with van der Waals surface area (Å²) in [5.41, 5.74) is 2.01. The molecule has 0 saturated carbocycles. The van der Waals surface area contributed by atoms with Crippen molar-refractivity contribution in [1.82, 2.24) is 4.98 Å². The first-order chi connectivity index (χ1) is 10.4. The smallest absolute Gasteiger partial charge is 0.0864 e. The summed E-state index contributed by atoms with van der Waals surface area (Å²) >= 11 is 0. The van der Waals surface area contributed by atoms with Crippen LogP contribution in [-0.4, -0.2) is 11.2 Å². The van der Waals surface area contributed by atoms with Crippen molar-refractivity contribution < 1.29 is 0 Å². The zero-order chi connectivity index (χ0) is 13.9. The van der Waals surface area contributed by atoms with Crippen LogP contribution in [0.2, 0.25) is 0 Å². The number of pyridine rings is 1. The van der Waals surface area contributed by atoms with Gasteiger partial charge in [0.2, 0.25) is 0 Å². The fraction of sp³-hybridized carbons (Fsp3) is 0.0526. The lowest BCUT2D eigenvalue weighted by Gasteiger charge is -2.22. The van der Waals surface area contributed by atoms with E-state index in [-0.39, 0.29) is 5.41 Å². The van der Waals surface area contributed by atoms with Crippen LogP contribution in [0.4, 0.5) is 0 Å². The number of benzene rings is 1. The normalized spacial score (nSPS) is 22.7. The molecule has 2 nitrogen and oxygen atoms in total. The molecule has 2 heteroatoms. The number of aromatic nitrogens is 1. The lowest BCUT2D eigenvalue weighted by Crippen LogP contribution is -2.32. The summed E-state index contributed by atoms with van der Waals surface area (Å²) in [6, 6.07) is 10.7. The Balaban J connectivity index is 1.97. The van der Waals surface area contributed by atoms with Crippen LogP contribution < -0.4 is 10.4 Å². The van der Waals surface area contributed by atoms with Crippen LogP contribution in [-0.2, 0) is 5.41 Å². The fourth-order valence-corrected chi connectivity index (χ4v) is 3.36. The molecule has 3 aliphatic rings. The maximum atomic E-state index is 5.01. The summed E-state index contributed by atoms with van der Waals surface area (Å²) in [7, 11) is 0. The Bertz CT molecular complexity index is 1070. The van der Waals surface area contributed by atoms with Gasteiger partial charge in [-0.2, -0.15) is 0 Å². The van der Waals surface area contributed by atoms with E-state index in [1.54, 1.807) is 0 Å². The van der Waals surface area contributed by atoms with Crippen LogP contribution in [0.1, 0.15) is 11.3 Å². The monoisotopic (exact) mass is 268 g/mol. The van der Waals surface area contributed by atoms with E-state index in [0.717, 1.165) is 11.0 Å². The molecule has 1 aliphatic heterocycles. The highest BCUT2D eigenvalue weighted by Crippen LogP contribution is 2.28. The summed E-state index contributed by atoms with van der Waals surface area (Å²) < 4.78 is 0. The molecule has 0 bridgehead atoms. The average Bonchev–Trinajstić information content (AvgIpc) is 3.11. The van der Waals surface area contributed by atoms with Crippen molar-refractivity contribution in [3.05, 3.63) is 87.0 Å². The van der Waals surface area contributed by atoms with E-state index in [2.05, 4.69) is 65.7 Å². The molecule has 2 aromatic rings. The summed E-state index contributed by atoms with van der Waals surface area (Å²) in [5, 5.41) is 4.73. The van der Waals surface area contributed by atoms with Gasteiger partial charge in [-0.25, -0.2) is 4.98 Å². The van der Waals surface area contributed by atoms with Crippen LogP contribution in [0.3, 0.4) is 0 Å². The highest BCUT2D eigenvalue weighted by molar-refractivity contribution is 5.84. The molecule has 5 rings (SSSR count). The number of allylic oxidation sites excluding steroid dienone is 3. The molecule has 1 aromatic heterocycles. The van der Waals surface area contributed by atoms with Gasteiger partial charge in [0, 0.05) is 23.2 Å². The molecule has 0 N–H and O–H groups in total. The maximum Gasteiger partial charge on any atom is 0.0864 e. The highest BCUT2D eigenvalue weighted by Gasteiger charge is 2.31. The molecule has 0 amide bonds. The van der Waals surface area contributed by atoms with Gasteiger partial charge in [0.05, 0.1) is 16.5 Å². The van der Waals surface area contributed by atoms with Gasteiger partial charge < -0.3 is 0 Å². The number of hydrogen-bond acceptors (Lipinski definition) is 2. The minimum absolute atomic E-state index is 0.267. The number of fused-ring (bicyclic) bond motifs is 4. The van der Waals surface area contributed by atoms with Crippen molar-refractivity contribution in [2.24, 2.45) is 4.99 Å². The first kappa shape index (κ1) is 11.0. The number of aliphatic imine (C=N–C) groups is 1. The summed E-state index contributed by atoms with van der Waals surface area (Å²) in [5.74, 6) is 0. The third-order valence-corrected chi connectivity index (χ3v) is 4.39. The van der Waals surface area contributed by atoms with E-state index < -0.39 is 0 Å². The topological polar surface area (TPSA) is 25.2 Å². The lowest BCUT2D eigenvalue weighted by atomic mass is 9.82. The molecule has 1 aromatic carbocycles. The van der Waals surface area contributed by atoms with Gasteiger partial charge >= 0.3 is 0 Å². The molecule has 0 fully saturated rings. The molecule has 98 valence electrons. The van der Waals surface area contributed by atoms with Crippen LogP contribution in [0.5, 0.6) is 0 Å². The third-order valence-electron chi connectivity index (χ3n) is 4.39. The second-order valence-corrected chi connectivity index (χ2v) is 5.65. The number of nitrogens with zero attached hydrogens (tertiary/aromatic N) is 2. The van der Waals surface area contributed by atoms with E-state index in [9.17, 15) is 0 Å². The lowest BCUT2D eigenvalue weighted by molar-refractivity contribution is 0.860. The molecular weight excluding hydrogens is 256 g/mol. The van der Waals surface area contributed by atoms with Gasteiger partial charge in [0.25, 0.3) is 0 Å². The Hall–Kier alpha value is -2.74. The predicted molar refractivity (Wildman–Crippen MR) is 84.1 cm³/mol. The van der Waals surface area contributed by atoms with Gasteiger partial charge in [-0.3, -0.25) is 4.99 Å². The molecule has 0 saturated heterocycles. The van der Waals surface area contributed by atoms with Crippen molar-refractivity contribution in [3.8, 4) is 0 Å². The Morgan fingerprint density at radius 3 is 2.86 bits per heavy atom. The highest BCUT2D eigenvalue weighted by atomic mass is 14.8. The largest absolute Gasteiger partial charge is 0.268 e. The molecule has 21 heavy (non-hydrogen) atoms. The van der Waals surface area contributed by atoms with E-state index in [1.165, 1.54) is 21.2 Å². The first-order valence-corrected chi connectivity index (χ1v) is 7.10. The Labute approximate surface area is 121 Å². The van der Waals surface area contributed by atoms with Crippen LogP contribution in [0.25, 0.3) is 12.2 Å². The van der Waals surface area contributed by atoms with Crippen LogP contribution >= 0.6 is 0 Å². The van der Waals surface area contributed by atoms with Gasteiger partial charge in [-0.1, -0.05) is 42.5 Å². The summed E-state index contributed by atoms with van der Waals surface area (Å²) in [6.07, 6.45) is 14.5. The average molecular weight is 268 g/mol. The molecule has 1 atom stereocenters. The fourth-order valence-electron chi connectivity index (χ4n) is 3.36. The molecule has 2 aliphatic carbocycles. The summed E-state index contributed by atoms with van der Waals surface area (Å²) in [6.45, 7) is 0. The van der Waals surface area contributed by atoms with Crippen molar-refractivity contribution in [2.45, 2.75) is 5.41 Å². The maximum absolute atomic E-state index is 5.01. The standard InChI is InChI=1S/C19H12N2/c1-2-6-16-13(4-1)10-15-11-14-5-3-7-19(8-9-20-12-19)18(14)21-17(15)16/h1-12H. The first-order valence-electron chi connectivity index (χ1n) is 7.10. The molecular formula is C19H12N2. The SMILES string of the molecule is C1=CC2(C=CN=C2)c2nc3c(cc2=C1)C=c1ccccc1=3. The predicted octanol–water partition coefficient (Wildman–Crippen LogP) is 1.70. The quantitative estimate of drug-likeness (QED) is 0.609. The third kappa shape index (κ3) is 1.37. The minimum atomic E-state index is -0.267. The van der Waals surface area contributed by atoms with E-state index in [0.29, 0.717) is 0 Å². The number of hydrogen-bond donors (Lipinski definition) is 0. The van der Waals surface area contributed by atoms with Crippen LogP contribution in [0.15, 0.2) is 59.8 Å². The zero-order valence-electron chi connectivity index (χ0n) is 11.3. The zero-order valence-corrected chi connectivity index (χ0v) is 11.3. The van der Waals surface area contributed by atoms with Crippen molar-refractivity contribution in [2.75, 3.05) is 0 Å². The molecule has 1 unspecified atom stereocenters. The molecule has 1 spiro atoms. The second-order valence-electron chi connectivity index (χ2n) is 5.65. The Morgan fingerprint density at radius 2 is 1.95 bits per heavy atom. The van der Waals surface area contributed by atoms with Crippen LogP contribution in [0, 0.1) is 10.6 Å². The minimum Gasteiger partial charge on any atom is -0.268 e. The number of rotatable bonds is 0. The van der Waals surface area contributed by atoms with E-state index >= 15 is 0 Å². The second kappa shape index (κ2) is 3.67. The van der Waals surface area contributed by atoms with Gasteiger partial charge in [0.15, 0.2) is 0 Å². The van der Waals surface area contributed by atoms with Crippen molar-refractivity contribution >= 4 is 18.4 Å². The van der Waals surface area contributed by atoms with E-state index in [4.69, 9.17) is 4.98 Å². The van der Waals surface area contributed by atoms with Crippen molar-refractivity contribution in [3.63, 3.8) is 0 Å². The van der Waals surface area contributed by atoms with Crippen molar-refractivity contribution in [1.29, 1.82) is 0 Å². The van der Waals surface area contributed by atoms with E-state index in [1.807, 2.05) is 12.4 Å². The van der Waals surface area contributed by atoms with Gasteiger partial charge in [0.1, 0.15) is 0 Å². The van der Waals surface area contributed by atoms with Gasteiger partial charge in [-0.05, 0) is 28.7 Å². The Morgan fingerprint density at radius 1 is 1.00 bits per heavy atom. The summed E-state index contributed by atoms with van der Waals surface area (Å²) in [4.78, 5) is 9.29.